The van der Waals surface area contributed by atoms with E-state index in [1.165, 1.54) is 7.11 Å². The quantitative estimate of drug-likeness (QED) is 0.672. The van der Waals surface area contributed by atoms with Gasteiger partial charge in [-0.1, -0.05) is 0 Å². The van der Waals surface area contributed by atoms with Gasteiger partial charge < -0.3 is 25.3 Å². The Morgan fingerprint density at radius 3 is 2.24 bits per heavy atom. The largest absolute Gasteiger partial charge is 0.494 e. The number of amides is 2. The Morgan fingerprint density at radius 2 is 1.76 bits per heavy atom. The van der Waals surface area contributed by atoms with E-state index in [2.05, 4.69) is 5.32 Å². The summed E-state index contributed by atoms with van der Waals surface area (Å²) in [6.45, 7) is 2.27. The molecule has 3 N–H and O–H groups in total. The Hall–Kier alpha value is -2.28. The molecule has 21 heavy (non-hydrogen) atoms. The SMILES string of the molecule is CCOc1ccc(OCC(=O)NC(COC)C(N)=O)cc1. The topological polar surface area (TPSA) is 99.9 Å². The average Bonchev–Trinajstić information content (AvgIpc) is 2.46. The first-order valence-corrected chi connectivity index (χ1v) is 6.50. The van der Waals surface area contributed by atoms with E-state index in [4.69, 9.17) is 19.9 Å². The Morgan fingerprint density at radius 1 is 1.19 bits per heavy atom. The molecule has 0 heterocycles. The minimum Gasteiger partial charge on any atom is -0.494 e. The molecule has 1 aromatic rings. The molecule has 0 radical (unpaired) electrons. The number of hydrogen-bond donors (Lipinski definition) is 2. The molecule has 0 aliphatic carbocycles. The molecule has 116 valence electrons. The molecule has 0 bridgehead atoms. The van der Waals surface area contributed by atoms with Crippen LogP contribution in [0, 0.1) is 0 Å². The summed E-state index contributed by atoms with van der Waals surface area (Å²) in [6, 6.07) is 6.01. The van der Waals surface area contributed by atoms with Crippen molar-refractivity contribution in [3.05, 3.63) is 24.3 Å². The predicted molar refractivity (Wildman–Crippen MR) is 76.1 cm³/mol. The number of hydrogen-bond acceptors (Lipinski definition) is 5. The molecular formula is C14H20N2O5. The summed E-state index contributed by atoms with van der Waals surface area (Å²) in [4.78, 5) is 22.7. The number of nitrogens with one attached hydrogen (secondary N) is 1. The van der Waals surface area contributed by atoms with Gasteiger partial charge in [-0.3, -0.25) is 9.59 Å². The van der Waals surface area contributed by atoms with E-state index in [1.54, 1.807) is 24.3 Å². The molecule has 7 heteroatoms. The van der Waals surface area contributed by atoms with Crippen LogP contribution in [0.4, 0.5) is 0 Å². The van der Waals surface area contributed by atoms with Gasteiger partial charge in [-0.25, -0.2) is 0 Å². The smallest absolute Gasteiger partial charge is 0.258 e. The highest BCUT2D eigenvalue weighted by molar-refractivity contribution is 5.87. The number of carbonyl (C=O) groups excluding carboxylic acids is 2. The fraction of sp³-hybridized carbons (Fsp3) is 0.429. The second-order valence-corrected chi connectivity index (χ2v) is 4.17. The molecule has 0 fully saturated rings. The Kier molecular flexibility index (Phi) is 7.03. The maximum absolute atomic E-state index is 11.7. The van der Waals surface area contributed by atoms with Gasteiger partial charge in [0.2, 0.25) is 5.91 Å². The van der Waals surface area contributed by atoms with E-state index >= 15 is 0 Å². The highest BCUT2D eigenvalue weighted by Gasteiger charge is 2.17. The zero-order valence-electron chi connectivity index (χ0n) is 12.1. The van der Waals surface area contributed by atoms with Gasteiger partial charge in [0, 0.05) is 7.11 Å². The van der Waals surface area contributed by atoms with Gasteiger partial charge in [0.25, 0.3) is 5.91 Å². The number of benzene rings is 1. The molecule has 0 saturated carbocycles. The van der Waals surface area contributed by atoms with E-state index in [0.29, 0.717) is 12.4 Å². The van der Waals surface area contributed by atoms with Crippen molar-refractivity contribution >= 4 is 11.8 Å². The van der Waals surface area contributed by atoms with Gasteiger partial charge in [-0.15, -0.1) is 0 Å². The van der Waals surface area contributed by atoms with Crippen LogP contribution in [0.2, 0.25) is 0 Å². The van der Waals surface area contributed by atoms with Crippen LogP contribution in [0.5, 0.6) is 11.5 Å². The molecule has 2 amide bonds. The lowest BCUT2D eigenvalue weighted by molar-refractivity contribution is -0.129. The summed E-state index contributed by atoms with van der Waals surface area (Å²) in [5.74, 6) is 0.134. The number of carbonyl (C=O) groups is 2. The summed E-state index contributed by atoms with van der Waals surface area (Å²) in [6.07, 6.45) is 0. The van der Waals surface area contributed by atoms with Crippen molar-refractivity contribution in [1.82, 2.24) is 5.32 Å². The monoisotopic (exact) mass is 296 g/mol. The average molecular weight is 296 g/mol. The van der Waals surface area contributed by atoms with Crippen LogP contribution >= 0.6 is 0 Å². The number of nitrogens with two attached hydrogens (primary N) is 1. The van der Waals surface area contributed by atoms with Gasteiger partial charge in [0.05, 0.1) is 13.2 Å². The van der Waals surface area contributed by atoms with Crippen molar-refractivity contribution in [1.29, 1.82) is 0 Å². The molecule has 7 nitrogen and oxygen atoms in total. The summed E-state index contributed by atoms with van der Waals surface area (Å²) in [7, 11) is 1.42. The first-order chi connectivity index (χ1) is 10.1. The van der Waals surface area contributed by atoms with Crippen LogP contribution in [0.15, 0.2) is 24.3 Å². The van der Waals surface area contributed by atoms with Crippen molar-refractivity contribution in [3.63, 3.8) is 0 Å². The zero-order chi connectivity index (χ0) is 15.7. The molecule has 1 rings (SSSR count). The molecule has 1 atom stereocenters. The van der Waals surface area contributed by atoms with Crippen LogP contribution in [0.25, 0.3) is 0 Å². The lowest BCUT2D eigenvalue weighted by atomic mass is 10.3. The molecular weight excluding hydrogens is 276 g/mol. The molecule has 0 spiro atoms. The summed E-state index contributed by atoms with van der Waals surface area (Å²) >= 11 is 0. The highest BCUT2D eigenvalue weighted by atomic mass is 16.5. The van der Waals surface area contributed by atoms with E-state index in [-0.39, 0.29) is 13.2 Å². The number of rotatable bonds is 9. The minimum atomic E-state index is -0.869. The zero-order valence-corrected chi connectivity index (χ0v) is 12.1. The Labute approximate surface area is 123 Å². The molecule has 1 aromatic carbocycles. The first-order valence-electron chi connectivity index (χ1n) is 6.50. The maximum atomic E-state index is 11.7. The second kappa shape index (κ2) is 8.80. The summed E-state index contributed by atoms with van der Waals surface area (Å²) in [5.41, 5.74) is 5.14. The van der Waals surface area contributed by atoms with E-state index < -0.39 is 17.9 Å². The maximum Gasteiger partial charge on any atom is 0.258 e. The van der Waals surface area contributed by atoms with Crippen LogP contribution in [0.3, 0.4) is 0 Å². The van der Waals surface area contributed by atoms with Gasteiger partial charge >= 0.3 is 0 Å². The molecule has 0 aliphatic rings. The van der Waals surface area contributed by atoms with Crippen molar-refractivity contribution < 1.29 is 23.8 Å². The summed E-state index contributed by atoms with van der Waals surface area (Å²) < 4.78 is 15.4. The van der Waals surface area contributed by atoms with E-state index in [1.807, 2.05) is 6.92 Å². The van der Waals surface area contributed by atoms with Crippen LogP contribution in [0.1, 0.15) is 6.92 Å². The normalized spacial score (nSPS) is 11.5. The van der Waals surface area contributed by atoms with Crippen molar-refractivity contribution in [2.45, 2.75) is 13.0 Å². The number of methoxy groups -OCH3 is 1. The molecule has 0 saturated heterocycles. The Balaban J connectivity index is 2.43. The lowest BCUT2D eigenvalue weighted by Gasteiger charge is -2.14. The standard InChI is InChI=1S/C14H20N2O5/c1-3-20-10-4-6-11(7-5-10)21-9-13(17)16-12(8-19-2)14(15)18/h4-7,12H,3,8-9H2,1-2H3,(H2,15,18)(H,16,17). The third-order valence-corrected chi connectivity index (χ3v) is 2.52. The summed E-state index contributed by atoms with van der Waals surface area (Å²) in [5, 5.41) is 2.43. The molecule has 0 aliphatic heterocycles. The fourth-order valence-electron chi connectivity index (χ4n) is 1.55. The molecule has 1 unspecified atom stereocenters. The first kappa shape index (κ1) is 16.8. The highest BCUT2D eigenvalue weighted by Crippen LogP contribution is 2.17. The third kappa shape index (κ3) is 6.13. The van der Waals surface area contributed by atoms with Crippen molar-refractivity contribution in [3.8, 4) is 11.5 Å². The van der Waals surface area contributed by atoms with Gasteiger partial charge in [0.15, 0.2) is 6.61 Å². The van der Waals surface area contributed by atoms with Gasteiger partial charge in [-0.2, -0.15) is 0 Å². The fourth-order valence-corrected chi connectivity index (χ4v) is 1.55. The van der Waals surface area contributed by atoms with Crippen LogP contribution in [-0.4, -0.2) is 44.8 Å². The predicted octanol–water partition coefficient (Wildman–Crippen LogP) is 0.0806. The van der Waals surface area contributed by atoms with Crippen molar-refractivity contribution in [2.75, 3.05) is 26.9 Å². The van der Waals surface area contributed by atoms with Crippen LogP contribution in [-0.2, 0) is 14.3 Å². The second-order valence-electron chi connectivity index (χ2n) is 4.17. The van der Waals surface area contributed by atoms with E-state index in [0.717, 1.165) is 5.75 Å². The lowest BCUT2D eigenvalue weighted by Crippen LogP contribution is -2.48. The van der Waals surface area contributed by atoms with Crippen LogP contribution < -0.4 is 20.5 Å². The van der Waals surface area contributed by atoms with Gasteiger partial charge in [-0.05, 0) is 31.2 Å². The molecule has 0 aromatic heterocycles. The van der Waals surface area contributed by atoms with E-state index in [9.17, 15) is 9.59 Å². The van der Waals surface area contributed by atoms with Gasteiger partial charge in [0.1, 0.15) is 17.5 Å². The number of ether oxygens (including phenoxy) is 3. The Bertz CT molecular complexity index is 461. The van der Waals surface area contributed by atoms with Crippen molar-refractivity contribution in [2.24, 2.45) is 5.73 Å². The number of primary amides is 1. The minimum absolute atomic E-state index is 0.0180. The third-order valence-electron chi connectivity index (χ3n) is 2.52.